The molecule has 2 aromatic rings. The van der Waals surface area contributed by atoms with Crippen LogP contribution in [-0.2, 0) is 21.4 Å². The summed E-state index contributed by atoms with van der Waals surface area (Å²) in [5.41, 5.74) is 0.187. The molecule has 1 aromatic carbocycles. The Morgan fingerprint density at radius 3 is 2.34 bits per heavy atom. The molecule has 2 atom stereocenters. The van der Waals surface area contributed by atoms with Gasteiger partial charge in [-0.3, -0.25) is 9.59 Å². The SMILES string of the molecule is CC1CC(C)CN(S(=O)(=O)c2ccc(NC(=O)Cn3cc(Br)ccc3=O)cc2)C1. The second-order valence-electron chi connectivity index (χ2n) is 7.65. The van der Waals surface area contributed by atoms with Gasteiger partial charge in [-0.15, -0.1) is 0 Å². The molecule has 3 rings (SSSR count). The van der Waals surface area contributed by atoms with Gasteiger partial charge in [0.2, 0.25) is 15.9 Å². The maximum absolute atomic E-state index is 12.9. The molecule has 1 aliphatic rings. The number of carbonyl (C=O) groups is 1. The molecule has 29 heavy (non-hydrogen) atoms. The van der Waals surface area contributed by atoms with Crippen LogP contribution in [0.4, 0.5) is 5.69 Å². The van der Waals surface area contributed by atoms with E-state index in [1.165, 1.54) is 29.0 Å². The van der Waals surface area contributed by atoms with Crippen molar-refractivity contribution in [3.63, 3.8) is 0 Å². The second kappa shape index (κ2) is 8.81. The third kappa shape index (κ3) is 5.34. The summed E-state index contributed by atoms with van der Waals surface area (Å²) in [6, 6.07) is 9.11. The van der Waals surface area contributed by atoms with Crippen molar-refractivity contribution in [2.75, 3.05) is 18.4 Å². The van der Waals surface area contributed by atoms with Gasteiger partial charge in [-0.25, -0.2) is 8.42 Å². The van der Waals surface area contributed by atoms with Crippen molar-refractivity contribution in [2.45, 2.75) is 31.7 Å². The van der Waals surface area contributed by atoms with Gasteiger partial charge in [0.1, 0.15) is 6.54 Å². The highest BCUT2D eigenvalue weighted by Crippen LogP contribution is 2.27. The first-order valence-corrected chi connectivity index (χ1v) is 11.6. The van der Waals surface area contributed by atoms with Crippen molar-refractivity contribution in [2.24, 2.45) is 11.8 Å². The number of amides is 1. The van der Waals surface area contributed by atoms with Gasteiger partial charge in [-0.05, 0) is 64.5 Å². The molecule has 7 nitrogen and oxygen atoms in total. The number of nitrogens with one attached hydrogen (secondary N) is 1. The van der Waals surface area contributed by atoms with E-state index in [4.69, 9.17) is 0 Å². The Morgan fingerprint density at radius 2 is 1.72 bits per heavy atom. The number of benzene rings is 1. The zero-order valence-electron chi connectivity index (χ0n) is 16.3. The fraction of sp³-hybridized carbons (Fsp3) is 0.400. The molecule has 1 N–H and O–H groups in total. The quantitative estimate of drug-likeness (QED) is 0.710. The first-order chi connectivity index (χ1) is 13.6. The summed E-state index contributed by atoms with van der Waals surface area (Å²) in [6.07, 6.45) is 2.57. The largest absolute Gasteiger partial charge is 0.325 e. The average molecular weight is 482 g/mol. The summed E-state index contributed by atoms with van der Waals surface area (Å²) in [7, 11) is -3.56. The van der Waals surface area contributed by atoms with Crippen LogP contribution >= 0.6 is 15.9 Å². The lowest BCUT2D eigenvalue weighted by Gasteiger charge is -2.34. The molecule has 1 amide bonds. The van der Waals surface area contributed by atoms with Crippen LogP contribution in [0.15, 0.2) is 56.8 Å². The predicted octanol–water partition coefficient (Wildman–Crippen LogP) is 2.92. The zero-order chi connectivity index (χ0) is 21.2. The predicted molar refractivity (Wildman–Crippen MR) is 115 cm³/mol. The van der Waals surface area contributed by atoms with E-state index in [1.807, 2.05) is 0 Å². The van der Waals surface area contributed by atoms with E-state index in [0.29, 0.717) is 35.1 Å². The lowest BCUT2D eigenvalue weighted by molar-refractivity contribution is -0.116. The Morgan fingerprint density at radius 1 is 1.10 bits per heavy atom. The smallest absolute Gasteiger partial charge is 0.251 e. The lowest BCUT2D eigenvalue weighted by atomic mass is 9.94. The van der Waals surface area contributed by atoms with Gasteiger partial charge in [0.15, 0.2) is 0 Å². The number of pyridine rings is 1. The molecule has 0 saturated carbocycles. The number of halogens is 1. The average Bonchev–Trinajstić information content (AvgIpc) is 2.64. The fourth-order valence-electron chi connectivity index (χ4n) is 3.64. The highest BCUT2D eigenvalue weighted by Gasteiger charge is 2.31. The maximum atomic E-state index is 12.9. The van der Waals surface area contributed by atoms with Crippen LogP contribution < -0.4 is 10.9 Å². The van der Waals surface area contributed by atoms with Gasteiger partial charge in [0.05, 0.1) is 4.90 Å². The minimum atomic E-state index is -3.56. The Labute approximate surface area is 178 Å². The second-order valence-corrected chi connectivity index (χ2v) is 10.5. The third-order valence-corrected chi connectivity index (χ3v) is 7.19. The minimum Gasteiger partial charge on any atom is -0.325 e. The van der Waals surface area contributed by atoms with Crippen molar-refractivity contribution in [3.05, 3.63) is 57.4 Å². The summed E-state index contributed by atoms with van der Waals surface area (Å²) in [5, 5.41) is 2.69. The van der Waals surface area contributed by atoms with Crippen molar-refractivity contribution in [3.8, 4) is 0 Å². The number of sulfonamides is 1. The number of hydrogen-bond acceptors (Lipinski definition) is 4. The van der Waals surface area contributed by atoms with E-state index in [1.54, 1.807) is 22.5 Å². The molecule has 1 saturated heterocycles. The number of rotatable bonds is 5. The Kier molecular flexibility index (Phi) is 6.60. The number of nitrogens with zero attached hydrogens (tertiary/aromatic N) is 2. The van der Waals surface area contributed by atoms with Crippen molar-refractivity contribution in [1.82, 2.24) is 8.87 Å². The van der Waals surface area contributed by atoms with Crippen LogP contribution in [-0.4, -0.2) is 36.3 Å². The number of piperidine rings is 1. The molecular formula is C20H24BrN3O4S. The molecule has 156 valence electrons. The number of anilines is 1. The topological polar surface area (TPSA) is 88.5 Å². The van der Waals surface area contributed by atoms with Crippen molar-refractivity contribution in [1.29, 1.82) is 0 Å². The summed E-state index contributed by atoms with van der Waals surface area (Å²) in [6.45, 7) is 5.03. The molecular weight excluding hydrogens is 458 g/mol. The summed E-state index contributed by atoms with van der Waals surface area (Å²) in [4.78, 5) is 24.2. The third-order valence-electron chi connectivity index (χ3n) is 4.87. The summed E-state index contributed by atoms with van der Waals surface area (Å²) >= 11 is 3.27. The number of hydrogen-bond donors (Lipinski definition) is 1. The summed E-state index contributed by atoms with van der Waals surface area (Å²) in [5.74, 6) is 0.279. The van der Waals surface area contributed by atoms with Gasteiger partial charge in [0.25, 0.3) is 5.56 Å². The molecule has 0 bridgehead atoms. The van der Waals surface area contributed by atoms with Gasteiger partial charge in [-0.2, -0.15) is 4.31 Å². The Hall–Kier alpha value is -1.97. The fourth-order valence-corrected chi connectivity index (χ4v) is 5.70. The van der Waals surface area contributed by atoms with Crippen LogP contribution in [0.3, 0.4) is 0 Å². The van der Waals surface area contributed by atoms with E-state index in [0.717, 1.165) is 6.42 Å². The monoisotopic (exact) mass is 481 g/mol. The molecule has 0 spiro atoms. The first-order valence-electron chi connectivity index (χ1n) is 9.41. The van der Waals surface area contributed by atoms with Gasteiger partial charge in [0, 0.05) is 35.5 Å². The zero-order valence-corrected chi connectivity index (χ0v) is 18.7. The van der Waals surface area contributed by atoms with E-state index in [-0.39, 0.29) is 22.9 Å². The van der Waals surface area contributed by atoms with Crippen LogP contribution in [0, 0.1) is 11.8 Å². The normalized spacial score (nSPS) is 20.4. The van der Waals surface area contributed by atoms with Crippen molar-refractivity contribution < 1.29 is 13.2 Å². The van der Waals surface area contributed by atoms with Crippen LogP contribution in [0.25, 0.3) is 0 Å². The lowest BCUT2D eigenvalue weighted by Crippen LogP contribution is -2.42. The van der Waals surface area contributed by atoms with Gasteiger partial charge < -0.3 is 9.88 Å². The Bertz CT molecular complexity index is 1040. The highest BCUT2D eigenvalue weighted by atomic mass is 79.9. The highest BCUT2D eigenvalue weighted by molar-refractivity contribution is 9.10. The molecule has 2 unspecified atom stereocenters. The van der Waals surface area contributed by atoms with Gasteiger partial charge in [-0.1, -0.05) is 13.8 Å². The van der Waals surface area contributed by atoms with Gasteiger partial charge >= 0.3 is 0 Å². The van der Waals surface area contributed by atoms with Crippen LogP contribution in [0.1, 0.15) is 20.3 Å². The van der Waals surface area contributed by atoms with E-state index >= 15 is 0 Å². The van der Waals surface area contributed by atoms with Crippen LogP contribution in [0.5, 0.6) is 0 Å². The Balaban J connectivity index is 1.69. The standard InChI is InChI=1S/C20H24BrN3O4S/c1-14-9-15(2)11-24(10-14)29(27,28)18-6-4-17(5-7-18)22-19(25)13-23-12-16(21)3-8-20(23)26/h3-8,12,14-15H,9-11,13H2,1-2H3,(H,22,25). The molecule has 0 aliphatic carbocycles. The molecule has 1 aliphatic heterocycles. The van der Waals surface area contributed by atoms with E-state index in [9.17, 15) is 18.0 Å². The number of aromatic nitrogens is 1. The molecule has 9 heteroatoms. The minimum absolute atomic E-state index is 0.137. The molecule has 2 heterocycles. The molecule has 0 radical (unpaired) electrons. The van der Waals surface area contributed by atoms with E-state index in [2.05, 4.69) is 35.1 Å². The van der Waals surface area contributed by atoms with E-state index < -0.39 is 10.0 Å². The number of carbonyl (C=O) groups excluding carboxylic acids is 1. The van der Waals surface area contributed by atoms with Crippen molar-refractivity contribution >= 4 is 37.5 Å². The summed E-state index contributed by atoms with van der Waals surface area (Å²) < 4.78 is 29.4. The molecule has 1 aromatic heterocycles. The van der Waals surface area contributed by atoms with Crippen LogP contribution in [0.2, 0.25) is 0 Å². The maximum Gasteiger partial charge on any atom is 0.251 e. The first kappa shape index (κ1) is 21.7. The molecule has 1 fully saturated rings.